The van der Waals surface area contributed by atoms with Crippen molar-refractivity contribution in [3.05, 3.63) is 22.3 Å². The zero-order valence-electron chi connectivity index (χ0n) is 9.74. The molecule has 1 amide bonds. The Balaban J connectivity index is 1.67. The lowest BCUT2D eigenvalue weighted by molar-refractivity contribution is -0.118. The van der Waals surface area contributed by atoms with E-state index in [1.54, 1.807) is 0 Å². The van der Waals surface area contributed by atoms with E-state index >= 15 is 0 Å². The molecule has 2 saturated carbocycles. The smallest absolute Gasteiger partial charge is 0.229 e. The molecule has 1 aromatic rings. The lowest BCUT2D eigenvalue weighted by Gasteiger charge is -2.07. The molecule has 1 N–H and O–H groups in total. The average molecular weight is 295 g/mol. The summed E-state index contributed by atoms with van der Waals surface area (Å²) in [6.07, 6.45) is 3.76. The van der Waals surface area contributed by atoms with Gasteiger partial charge in [0.25, 0.3) is 0 Å². The third kappa shape index (κ3) is 1.99. The van der Waals surface area contributed by atoms with Gasteiger partial charge in [-0.3, -0.25) is 4.79 Å². The summed E-state index contributed by atoms with van der Waals surface area (Å²) in [5.41, 5.74) is 0.902. The number of amides is 1. The molecule has 0 aromatic carbocycles. The number of anilines is 1. The first-order valence-electron chi connectivity index (χ1n) is 6.11. The van der Waals surface area contributed by atoms with Gasteiger partial charge in [0, 0.05) is 10.4 Å². The molecule has 0 bridgehead atoms. The van der Waals surface area contributed by atoms with Crippen LogP contribution in [0.1, 0.15) is 25.0 Å². The van der Waals surface area contributed by atoms with Crippen LogP contribution in [-0.2, 0) is 4.79 Å². The highest BCUT2D eigenvalue weighted by molar-refractivity contribution is 9.10. The van der Waals surface area contributed by atoms with Crippen LogP contribution in [0.25, 0.3) is 0 Å². The van der Waals surface area contributed by atoms with Gasteiger partial charge in [-0.05, 0) is 59.7 Å². The van der Waals surface area contributed by atoms with Crippen LogP contribution in [0.3, 0.4) is 0 Å². The standard InChI is InChI=1S/C13H15BrN2O/c1-7-10(14)5-6-11(15-7)16-13(17)12-8-3-2-4-9(8)12/h5-6,8-9,12H,2-4H2,1H3,(H,15,16,17). The van der Waals surface area contributed by atoms with E-state index in [0.717, 1.165) is 10.2 Å². The number of fused-ring (bicyclic) bond motifs is 1. The first kappa shape index (κ1) is 11.2. The molecule has 0 radical (unpaired) electrons. The maximum atomic E-state index is 12.0. The highest BCUT2D eigenvalue weighted by Gasteiger charge is 2.56. The zero-order valence-corrected chi connectivity index (χ0v) is 11.3. The number of hydrogen-bond donors (Lipinski definition) is 1. The summed E-state index contributed by atoms with van der Waals surface area (Å²) >= 11 is 3.40. The maximum Gasteiger partial charge on any atom is 0.229 e. The molecule has 2 aliphatic carbocycles. The monoisotopic (exact) mass is 294 g/mol. The molecule has 1 aromatic heterocycles. The van der Waals surface area contributed by atoms with Gasteiger partial charge in [-0.2, -0.15) is 0 Å². The number of halogens is 1. The predicted octanol–water partition coefficient (Wildman–Crippen LogP) is 3.14. The number of nitrogens with zero attached hydrogens (tertiary/aromatic N) is 1. The van der Waals surface area contributed by atoms with Crippen molar-refractivity contribution in [2.24, 2.45) is 17.8 Å². The van der Waals surface area contributed by atoms with Crippen molar-refractivity contribution >= 4 is 27.7 Å². The Morgan fingerprint density at radius 3 is 2.76 bits per heavy atom. The van der Waals surface area contributed by atoms with E-state index in [-0.39, 0.29) is 11.8 Å². The van der Waals surface area contributed by atoms with Crippen LogP contribution in [0.5, 0.6) is 0 Å². The molecule has 3 nitrogen and oxygen atoms in total. The zero-order chi connectivity index (χ0) is 12.0. The lowest BCUT2D eigenvalue weighted by atomic mass is 10.1. The number of carbonyl (C=O) groups is 1. The van der Waals surface area contributed by atoms with Gasteiger partial charge in [0.05, 0.1) is 5.69 Å². The molecule has 0 saturated heterocycles. The summed E-state index contributed by atoms with van der Waals surface area (Å²) in [7, 11) is 0. The number of aryl methyl sites for hydroxylation is 1. The average Bonchev–Trinajstić information content (AvgIpc) is 2.78. The van der Waals surface area contributed by atoms with E-state index in [1.807, 2.05) is 19.1 Å². The van der Waals surface area contributed by atoms with Crippen molar-refractivity contribution < 1.29 is 4.79 Å². The molecular weight excluding hydrogens is 280 g/mol. The van der Waals surface area contributed by atoms with E-state index in [9.17, 15) is 4.79 Å². The van der Waals surface area contributed by atoms with Gasteiger partial charge >= 0.3 is 0 Å². The normalized spacial score (nSPS) is 29.9. The van der Waals surface area contributed by atoms with E-state index in [2.05, 4.69) is 26.2 Å². The quantitative estimate of drug-likeness (QED) is 0.910. The van der Waals surface area contributed by atoms with Crippen LogP contribution in [0, 0.1) is 24.7 Å². The molecule has 2 fully saturated rings. The highest BCUT2D eigenvalue weighted by atomic mass is 79.9. The van der Waals surface area contributed by atoms with Crippen molar-refractivity contribution in [1.29, 1.82) is 0 Å². The molecule has 2 atom stereocenters. The van der Waals surface area contributed by atoms with Crippen LogP contribution in [-0.4, -0.2) is 10.9 Å². The predicted molar refractivity (Wildman–Crippen MR) is 69.6 cm³/mol. The van der Waals surface area contributed by atoms with Crippen LogP contribution in [0.15, 0.2) is 16.6 Å². The van der Waals surface area contributed by atoms with E-state index < -0.39 is 0 Å². The molecule has 0 aliphatic heterocycles. The maximum absolute atomic E-state index is 12.0. The van der Waals surface area contributed by atoms with Gasteiger partial charge in [-0.1, -0.05) is 6.42 Å². The van der Waals surface area contributed by atoms with Gasteiger partial charge < -0.3 is 5.32 Å². The van der Waals surface area contributed by atoms with Gasteiger partial charge in [0.2, 0.25) is 5.91 Å². The Labute approximate surface area is 109 Å². The fourth-order valence-electron chi connectivity index (χ4n) is 3.03. The summed E-state index contributed by atoms with van der Waals surface area (Å²) in [6.45, 7) is 1.92. The van der Waals surface area contributed by atoms with E-state index in [4.69, 9.17) is 0 Å². The second-order valence-electron chi connectivity index (χ2n) is 5.04. The van der Waals surface area contributed by atoms with Crippen LogP contribution < -0.4 is 5.32 Å². The van der Waals surface area contributed by atoms with Crippen LogP contribution in [0.2, 0.25) is 0 Å². The second kappa shape index (κ2) is 4.09. The molecule has 1 heterocycles. The Kier molecular flexibility index (Phi) is 2.69. The summed E-state index contributed by atoms with van der Waals surface area (Å²) in [5, 5.41) is 2.93. The molecule has 4 heteroatoms. The minimum atomic E-state index is 0.161. The second-order valence-corrected chi connectivity index (χ2v) is 5.89. The third-order valence-electron chi connectivity index (χ3n) is 3.98. The van der Waals surface area contributed by atoms with Gasteiger partial charge in [0.15, 0.2) is 0 Å². The van der Waals surface area contributed by atoms with Gasteiger partial charge in [-0.25, -0.2) is 4.98 Å². The summed E-state index contributed by atoms with van der Waals surface area (Å²) in [6, 6.07) is 3.76. The fourth-order valence-corrected chi connectivity index (χ4v) is 3.25. The van der Waals surface area contributed by atoms with Crippen molar-refractivity contribution in [3.8, 4) is 0 Å². The molecular formula is C13H15BrN2O. The fraction of sp³-hybridized carbons (Fsp3) is 0.538. The summed E-state index contributed by atoms with van der Waals surface area (Å²) in [5.74, 6) is 2.40. The topological polar surface area (TPSA) is 42.0 Å². The minimum absolute atomic E-state index is 0.161. The third-order valence-corrected chi connectivity index (χ3v) is 4.82. The van der Waals surface area contributed by atoms with E-state index in [1.165, 1.54) is 19.3 Å². The largest absolute Gasteiger partial charge is 0.310 e. The number of pyridine rings is 1. The van der Waals surface area contributed by atoms with E-state index in [0.29, 0.717) is 17.7 Å². The van der Waals surface area contributed by atoms with Crippen molar-refractivity contribution in [2.45, 2.75) is 26.2 Å². The number of hydrogen-bond acceptors (Lipinski definition) is 2. The number of rotatable bonds is 2. The molecule has 2 aliphatic rings. The van der Waals surface area contributed by atoms with Crippen molar-refractivity contribution in [1.82, 2.24) is 4.98 Å². The first-order chi connectivity index (χ1) is 8.16. The molecule has 17 heavy (non-hydrogen) atoms. The number of aromatic nitrogens is 1. The molecule has 0 spiro atoms. The Morgan fingerprint density at radius 1 is 1.41 bits per heavy atom. The van der Waals surface area contributed by atoms with Gasteiger partial charge in [0.1, 0.15) is 5.82 Å². The summed E-state index contributed by atoms with van der Waals surface area (Å²) < 4.78 is 0.971. The summed E-state index contributed by atoms with van der Waals surface area (Å²) in [4.78, 5) is 16.4. The van der Waals surface area contributed by atoms with Crippen molar-refractivity contribution in [3.63, 3.8) is 0 Å². The van der Waals surface area contributed by atoms with Crippen LogP contribution >= 0.6 is 15.9 Å². The minimum Gasteiger partial charge on any atom is -0.310 e. The molecule has 90 valence electrons. The lowest BCUT2D eigenvalue weighted by Crippen LogP contribution is -2.17. The Bertz CT molecular complexity index is 464. The first-order valence-corrected chi connectivity index (χ1v) is 6.90. The SMILES string of the molecule is Cc1nc(NC(=O)C2C3CCCC32)ccc1Br. The molecule has 3 rings (SSSR count). The Hall–Kier alpha value is -0.900. The molecule has 2 unspecified atom stereocenters. The van der Waals surface area contributed by atoms with Crippen molar-refractivity contribution in [2.75, 3.05) is 5.32 Å². The highest BCUT2D eigenvalue weighted by Crippen LogP contribution is 2.57. The number of nitrogens with one attached hydrogen (secondary N) is 1. The number of carbonyl (C=O) groups excluding carboxylic acids is 1. The van der Waals surface area contributed by atoms with Crippen LogP contribution in [0.4, 0.5) is 5.82 Å². The Morgan fingerprint density at radius 2 is 2.12 bits per heavy atom. The van der Waals surface area contributed by atoms with Gasteiger partial charge in [-0.15, -0.1) is 0 Å².